The normalized spacial score (nSPS) is 17.2. The Morgan fingerprint density at radius 1 is 1.09 bits per heavy atom. The van der Waals surface area contributed by atoms with Gasteiger partial charge in [-0.15, -0.1) is 12.4 Å². The van der Waals surface area contributed by atoms with Crippen molar-refractivity contribution in [1.29, 1.82) is 0 Å². The number of hydrogen-bond donors (Lipinski definition) is 4. The van der Waals surface area contributed by atoms with Gasteiger partial charge in [0.15, 0.2) is 11.5 Å². The third-order valence-electron chi connectivity index (χ3n) is 3.93. The van der Waals surface area contributed by atoms with Gasteiger partial charge in [-0.1, -0.05) is 23.7 Å². The van der Waals surface area contributed by atoms with Crippen molar-refractivity contribution in [3.63, 3.8) is 0 Å². The minimum absolute atomic E-state index is 0. The summed E-state index contributed by atoms with van der Waals surface area (Å²) in [6.07, 6.45) is 0.691. The first-order valence-electron chi connectivity index (χ1n) is 6.80. The predicted octanol–water partition coefficient (Wildman–Crippen LogP) is 3.16. The Morgan fingerprint density at radius 3 is 2.45 bits per heavy atom. The topological polar surface area (TPSA) is 72.7 Å². The first kappa shape index (κ1) is 16.7. The van der Waals surface area contributed by atoms with E-state index in [1.807, 2.05) is 12.1 Å². The van der Waals surface area contributed by atoms with Crippen molar-refractivity contribution in [2.24, 2.45) is 0 Å². The van der Waals surface area contributed by atoms with Crippen LogP contribution in [-0.4, -0.2) is 28.4 Å². The van der Waals surface area contributed by atoms with E-state index in [0.717, 1.165) is 23.2 Å². The number of halogens is 2. The van der Waals surface area contributed by atoms with Crippen LogP contribution >= 0.6 is 24.0 Å². The lowest BCUT2D eigenvalue weighted by molar-refractivity contribution is 0.402. The number of aromatic hydroxyl groups is 3. The van der Waals surface area contributed by atoms with Crippen molar-refractivity contribution in [3.05, 3.63) is 52.0 Å². The second kappa shape index (κ2) is 6.65. The van der Waals surface area contributed by atoms with Crippen molar-refractivity contribution < 1.29 is 15.3 Å². The van der Waals surface area contributed by atoms with Crippen LogP contribution in [0.25, 0.3) is 0 Å². The number of rotatable bonds is 1. The molecule has 118 valence electrons. The van der Waals surface area contributed by atoms with Gasteiger partial charge in [0.2, 0.25) is 0 Å². The highest BCUT2D eigenvalue weighted by atomic mass is 35.5. The van der Waals surface area contributed by atoms with Gasteiger partial charge in [-0.2, -0.15) is 0 Å². The summed E-state index contributed by atoms with van der Waals surface area (Å²) in [6.45, 7) is 1.46. The zero-order valence-electron chi connectivity index (χ0n) is 11.7. The van der Waals surface area contributed by atoms with Crippen LogP contribution in [0.5, 0.6) is 17.2 Å². The van der Waals surface area contributed by atoms with E-state index in [1.54, 1.807) is 18.2 Å². The quantitative estimate of drug-likeness (QED) is 0.601. The molecule has 3 rings (SSSR count). The van der Waals surface area contributed by atoms with E-state index in [1.165, 1.54) is 0 Å². The van der Waals surface area contributed by atoms with Gasteiger partial charge in [0.1, 0.15) is 5.75 Å². The van der Waals surface area contributed by atoms with Crippen LogP contribution in [0.15, 0.2) is 30.3 Å². The fraction of sp³-hybridized carbons (Fsp3) is 0.250. The Bertz CT molecular complexity index is 674. The van der Waals surface area contributed by atoms with Crippen LogP contribution in [0, 0.1) is 0 Å². The molecule has 1 heterocycles. The first-order chi connectivity index (χ1) is 10.1. The number of benzene rings is 2. The highest BCUT2D eigenvalue weighted by Gasteiger charge is 2.25. The molecule has 0 spiro atoms. The van der Waals surface area contributed by atoms with Crippen molar-refractivity contribution >= 4 is 24.0 Å². The summed E-state index contributed by atoms with van der Waals surface area (Å²) in [4.78, 5) is 0. The molecule has 2 aromatic rings. The van der Waals surface area contributed by atoms with E-state index in [4.69, 9.17) is 11.6 Å². The van der Waals surface area contributed by atoms with Gasteiger partial charge in [-0.25, -0.2) is 0 Å². The van der Waals surface area contributed by atoms with Gasteiger partial charge >= 0.3 is 0 Å². The average Bonchev–Trinajstić information content (AvgIpc) is 2.68. The maximum absolute atomic E-state index is 9.86. The second-order valence-electron chi connectivity index (χ2n) is 5.22. The van der Waals surface area contributed by atoms with Crippen LogP contribution in [-0.2, 0) is 6.42 Å². The van der Waals surface area contributed by atoms with E-state index in [-0.39, 0.29) is 40.6 Å². The Labute approximate surface area is 139 Å². The van der Waals surface area contributed by atoms with Crippen LogP contribution in [0.2, 0.25) is 5.02 Å². The van der Waals surface area contributed by atoms with Crippen LogP contribution in [0.3, 0.4) is 0 Å². The molecule has 0 fully saturated rings. The molecule has 0 bridgehead atoms. The molecule has 0 saturated carbocycles. The molecule has 0 unspecified atom stereocenters. The lowest BCUT2D eigenvalue weighted by atomic mass is 9.87. The van der Waals surface area contributed by atoms with E-state index >= 15 is 0 Å². The third kappa shape index (κ3) is 2.95. The Balaban J connectivity index is 0.00000176. The van der Waals surface area contributed by atoms with Crippen LogP contribution in [0.4, 0.5) is 0 Å². The summed E-state index contributed by atoms with van der Waals surface area (Å²) >= 11 is 6.19. The molecule has 0 saturated heterocycles. The van der Waals surface area contributed by atoms with E-state index in [2.05, 4.69) is 5.32 Å². The summed E-state index contributed by atoms with van der Waals surface area (Å²) in [7, 11) is 0. The summed E-state index contributed by atoms with van der Waals surface area (Å²) in [5.74, 6) is -0.245. The van der Waals surface area contributed by atoms with Crippen molar-refractivity contribution in [2.75, 3.05) is 13.1 Å². The Hall–Kier alpha value is -1.62. The summed E-state index contributed by atoms with van der Waals surface area (Å²) in [6, 6.07) is 8.58. The van der Waals surface area contributed by atoms with Gasteiger partial charge in [-0.05, 0) is 47.9 Å². The first-order valence-corrected chi connectivity index (χ1v) is 7.18. The summed E-state index contributed by atoms with van der Waals surface area (Å²) < 4.78 is 0. The fourth-order valence-electron chi connectivity index (χ4n) is 2.82. The van der Waals surface area contributed by atoms with Gasteiger partial charge in [0, 0.05) is 12.5 Å². The molecule has 1 aliphatic rings. The monoisotopic (exact) mass is 341 g/mol. The zero-order chi connectivity index (χ0) is 15.0. The highest BCUT2D eigenvalue weighted by Crippen LogP contribution is 2.42. The van der Waals surface area contributed by atoms with Gasteiger partial charge in [0.05, 0.1) is 5.02 Å². The number of phenolic OH excluding ortho intramolecular Hbond substituents is 3. The third-order valence-corrected chi connectivity index (χ3v) is 4.33. The minimum atomic E-state index is -0.262. The zero-order valence-corrected chi connectivity index (χ0v) is 13.3. The second-order valence-corrected chi connectivity index (χ2v) is 5.60. The Morgan fingerprint density at radius 2 is 1.77 bits per heavy atom. The molecule has 0 aromatic heterocycles. The maximum Gasteiger partial charge on any atom is 0.176 e. The average molecular weight is 342 g/mol. The van der Waals surface area contributed by atoms with Gasteiger partial charge in [0.25, 0.3) is 0 Å². The Kier molecular flexibility index (Phi) is 5.06. The lowest BCUT2D eigenvalue weighted by Gasteiger charge is -2.20. The summed E-state index contributed by atoms with van der Waals surface area (Å²) in [5.41, 5.74) is 2.78. The fourth-order valence-corrected chi connectivity index (χ4v) is 3.12. The number of phenols is 3. The minimum Gasteiger partial charge on any atom is -0.508 e. The highest BCUT2D eigenvalue weighted by molar-refractivity contribution is 6.33. The SMILES string of the molecule is Cl.Oc1ccc([C@H]2CNCCc3c2cc(O)c(O)c3Cl)cc1. The number of hydrogen-bond acceptors (Lipinski definition) is 4. The molecule has 4 N–H and O–H groups in total. The van der Waals surface area contributed by atoms with Crippen molar-refractivity contribution in [2.45, 2.75) is 12.3 Å². The molecule has 1 aliphatic heterocycles. The maximum atomic E-state index is 9.86. The molecule has 6 heteroatoms. The molecular weight excluding hydrogens is 325 g/mol. The smallest absolute Gasteiger partial charge is 0.176 e. The van der Waals surface area contributed by atoms with Crippen molar-refractivity contribution in [3.8, 4) is 17.2 Å². The molecule has 22 heavy (non-hydrogen) atoms. The van der Waals surface area contributed by atoms with Crippen LogP contribution in [0.1, 0.15) is 22.6 Å². The summed E-state index contributed by atoms with van der Waals surface area (Å²) in [5, 5.41) is 32.7. The van der Waals surface area contributed by atoms with Gasteiger partial charge in [-0.3, -0.25) is 0 Å². The molecule has 0 aliphatic carbocycles. The van der Waals surface area contributed by atoms with Crippen molar-refractivity contribution in [1.82, 2.24) is 5.32 Å². The van der Waals surface area contributed by atoms with Gasteiger partial charge < -0.3 is 20.6 Å². The molecule has 1 atom stereocenters. The molecule has 2 aromatic carbocycles. The largest absolute Gasteiger partial charge is 0.508 e. The van der Waals surface area contributed by atoms with E-state index in [9.17, 15) is 15.3 Å². The molecular formula is C16H17Cl2NO3. The lowest BCUT2D eigenvalue weighted by Crippen LogP contribution is -2.20. The van der Waals surface area contributed by atoms with E-state index in [0.29, 0.717) is 13.0 Å². The molecule has 4 nitrogen and oxygen atoms in total. The van der Waals surface area contributed by atoms with E-state index < -0.39 is 0 Å². The molecule has 0 radical (unpaired) electrons. The standard InChI is InChI=1S/C16H16ClNO3.ClH/c17-15-11-5-6-18-8-13(9-1-3-10(19)4-2-9)12(11)7-14(20)16(15)21;/h1-4,7,13,18-21H,5-6,8H2;1H/t13-;/m1./s1. The van der Waals surface area contributed by atoms with Crippen LogP contribution < -0.4 is 5.32 Å². The number of fused-ring (bicyclic) bond motifs is 1. The predicted molar refractivity (Wildman–Crippen MR) is 88.6 cm³/mol. The number of nitrogens with one attached hydrogen (secondary N) is 1. The molecule has 0 amide bonds.